The number of hydrogen-bond donors (Lipinski definition) is 1. The van der Waals surface area contributed by atoms with Gasteiger partial charge in [-0.05, 0) is 36.5 Å². The van der Waals surface area contributed by atoms with Crippen LogP contribution in [0.1, 0.15) is 30.1 Å². The molecule has 0 aromatic carbocycles. The van der Waals surface area contributed by atoms with Crippen LogP contribution >= 0.6 is 0 Å². The Morgan fingerprint density at radius 1 is 1.40 bits per heavy atom. The van der Waals surface area contributed by atoms with E-state index in [1.54, 1.807) is 6.07 Å². The Balaban J connectivity index is 2.25. The van der Waals surface area contributed by atoms with Gasteiger partial charge < -0.3 is 5.73 Å². The highest BCUT2D eigenvalue weighted by Gasteiger charge is 2.34. The summed E-state index contributed by atoms with van der Waals surface area (Å²) in [5.41, 5.74) is 5.48. The van der Waals surface area contributed by atoms with Crippen LogP contribution in [0.15, 0.2) is 18.3 Å². The standard InChI is InChI=1S/C10H11F3N2/c11-10(12,13)8-5-7(3-4-15-8)9(14)6-1-2-6/h3-6,9H,1-2,14H2/t9-/m0/s1. The van der Waals surface area contributed by atoms with Crippen LogP contribution in [-0.4, -0.2) is 4.98 Å². The molecular weight excluding hydrogens is 205 g/mol. The van der Waals surface area contributed by atoms with E-state index in [0.29, 0.717) is 11.5 Å². The maximum Gasteiger partial charge on any atom is 0.433 e. The number of nitrogens with two attached hydrogens (primary N) is 1. The van der Waals surface area contributed by atoms with Crippen LogP contribution in [0.5, 0.6) is 0 Å². The van der Waals surface area contributed by atoms with Crippen LogP contribution < -0.4 is 5.73 Å². The fraction of sp³-hybridized carbons (Fsp3) is 0.500. The highest BCUT2D eigenvalue weighted by atomic mass is 19.4. The molecule has 15 heavy (non-hydrogen) atoms. The second kappa shape index (κ2) is 3.48. The van der Waals surface area contributed by atoms with Gasteiger partial charge in [0.2, 0.25) is 0 Å². The molecule has 82 valence electrons. The second-order valence-electron chi connectivity index (χ2n) is 3.84. The second-order valence-corrected chi connectivity index (χ2v) is 3.84. The van der Waals surface area contributed by atoms with Crippen molar-refractivity contribution in [2.45, 2.75) is 25.1 Å². The lowest BCUT2D eigenvalue weighted by atomic mass is 10.0. The minimum atomic E-state index is -4.39. The molecule has 5 heteroatoms. The molecule has 1 aliphatic rings. The van der Waals surface area contributed by atoms with Gasteiger partial charge in [-0.3, -0.25) is 4.98 Å². The van der Waals surface area contributed by atoms with Crippen LogP contribution in [-0.2, 0) is 6.18 Å². The zero-order chi connectivity index (χ0) is 11.1. The van der Waals surface area contributed by atoms with Gasteiger partial charge in [0.25, 0.3) is 0 Å². The topological polar surface area (TPSA) is 38.9 Å². The van der Waals surface area contributed by atoms with E-state index >= 15 is 0 Å². The van der Waals surface area contributed by atoms with E-state index in [-0.39, 0.29) is 6.04 Å². The molecule has 0 saturated heterocycles. The zero-order valence-corrected chi connectivity index (χ0v) is 7.96. The zero-order valence-electron chi connectivity index (χ0n) is 7.96. The summed E-state index contributed by atoms with van der Waals surface area (Å²) in [4.78, 5) is 3.29. The molecule has 1 heterocycles. The molecule has 1 aliphatic carbocycles. The Hall–Kier alpha value is -1.10. The van der Waals surface area contributed by atoms with Crippen molar-refractivity contribution in [2.75, 3.05) is 0 Å². The largest absolute Gasteiger partial charge is 0.433 e. The molecule has 0 radical (unpaired) electrons. The van der Waals surface area contributed by atoms with Crippen LogP contribution in [0.3, 0.4) is 0 Å². The van der Waals surface area contributed by atoms with E-state index in [9.17, 15) is 13.2 Å². The van der Waals surface area contributed by atoms with E-state index in [0.717, 1.165) is 18.9 Å². The normalized spacial score (nSPS) is 18.9. The molecule has 2 nitrogen and oxygen atoms in total. The Morgan fingerprint density at radius 2 is 2.07 bits per heavy atom. The Kier molecular flexibility index (Phi) is 2.42. The molecule has 2 rings (SSSR count). The predicted octanol–water partition coefficient (Wildman–Crippen LogP) is 2.51. The van der Waals surface area contributed by atoms with E-state index in [1.165, 1.54) is 6.20 Å². The maximum atomic E-state index is 12.3. The summed E-state index contributed by atoms with van der Waals surface area (Å²) < 4.78 is 37.0. The first-order chi connectivity index (χ1) is 6.98. The van der Waals surface area contributed by atoms with Crippen molar-refractivity contribution in [1.82, 2.24) is 4.98 Å². The van der Waals surface area contributed by atoms with Crippen molar-refractivity contribution in [3.8, 4) is 0 Å². The summed E-state index contributed by atoms with van der Waals surface area (Å²) in [6.07, 6.45) is -1.21. The highest BCUT2D eigenvalue weighted by molar-refractivity contribution is 5.23. The molecule has 1 saturated carbocycles. The fourth-order valence-corrected chi connectivity index (χ4v) is 1.54. The van der Waals surface area contributed by atoms with Crippen molar-refractivity contribution in [3.63, 3.8) is 0 Å². The average molecular weight is 216 g/mol. The summed E-state index contributed by atoms with van der Waals surface area (Å²) in [6.45, 7) is 0. The molecule has 1 aromatic rings. The van der Waals surface area contributed by atoms with Crippen molar-refractivity contribution in [2.24, 2.45) is 11.7 Å². The molecule has 0 aliphatic heterocycles. The van der Waals surface area contributed by atoms with Crippen molar-refractivity contribution >= 4 is 0 Å². The number of hydrogen-bond acceptors (Lipinski definition) is 2. The molecule has 0 spiro atoms. The van der Waals surface area contributed by atoms with Gasteiger partial charge in [-0.1, -0.05) is 0 Å². The Bertz CT molecular complexity index is 358. The molecule has 0 bridgehead atoms. The van der Waals surface area contributed by atoms with Gasteiger partial charge in [0.1, 0.15) is 5.69 Å². The lowest BCUT2D eigenvalue weighted by molar-refractivity contribution is -0.141. The lowest BCUT2D eigenvalue weighted by Crippen LogP contribution is -2.15. The van der Waals surface area contributed by atoms with Crippen LogP contribution in [0.25, 0.3) is 0 Å². The first kappa shape index (κ1) is 10.4. The van der Waals surface area contributed by atoms with Gasteiger partial charge >= 0.3 is 6.18 Å². The summed E-state index contributed by atoms with van der Waals surface area (Å²) in [5, 5.41) is 0. The van der Waals surface area contributed by atoms with Gasteiger partial charge in [-0.2, -0.15) is 13.2 Å². The molecule has 1 fully saturated rings. The number of halogens is 3. The molecule has 0 amide bonds. The smallest absolute Gasteiger partial charge is 0.324 e. The third-order valence-electron chi connectivity index (χ3n) is 2.59. The fourth-order valence-electron chi connectivity index (χ4n) is 1.54. The number of nitrogens with zero attached hydrogens (tertiary/aromatic N) is 1. The van der Waals surface area contributed by atoms with E-state index < -0.39 is 11.9 Å². The number of rotatable bonds is 2. The van der Waals surface area contributed by atoms with E-state index in [4.69, 9.17) is 5.73 Å². The SMILES string of the molecule is N[C@H](c1ccnc(C(F)(F)F)c1)C1CC1. The van der Waals surface area contributed by atoms with Crippen molar-refractivity contribution in [1.29, 1.82) is 0 Å². The minimum Gasteiger partial charge on any atom is -0.324 e. The average Bonchev–Trinajstić information content (AvgIpc) is 2.99. The molecule has 1 atom stereocenters. The van der Waals surface area contributed by atoms with Crippen molar-refractivity contribution < 1.29 is 13.2 Å². The first-order valence-electron chi connectivity index (χ1n) is 4.77. The van der Waals surface area contributed by atoms with Crippen LogP contribution in [0.2, 0.25) is 0 Å². The van der Waals surface area contributed by atoms with Gasteiger partial charge in [-0.15, -0.1) is 0 Å². The molecular formula is C10H11F3N2. The number of pyridine rings is 1. The monoisotopic (exact) mass is 216 g/mol. The summed E-state index contributed by atoms with van der Waals surface area (Å²) >= 11 is 0. The lowest BCUT2D eigenvalue weighted by Gasteiger charge is -2.12. The summed E-state index contributed by atoms with van der Waals surface area (Å²) in [7, 11) is 0. The van der Waals surface area contributed by atoms with Gasteiger partial charge in [-0.25, -0.2) is 0 Å². The summed E-state index contributed by atoms with van der Waals surface area (Å²) in [5.74, 6) is 0.341. The first-order valence-corrected chi connectivity index (χ1v) is 4.77. The highest BCUT2D eigenvalue weighted by Crippen LogP contribution is 2.40. The summed E-state index contributed by atoms with van der Waals surface area (Å²) in [6, 6.07) is 2.32. The third-order valence-corrected chi connectivity index (χ3v) is 2.59. The molecule has 2 N–H and O–H groups in total. The van der Waals surface area contributed by atoms with Gasteiger partial charge in [0, 0.05) is 12.2 Å². The maximum absolute atomic E-state index is 12.3. The van der Waals surface area contributed by atoms with E-state index in [2.05, 4.69) is 4.98 Å². The van der Waals surface area contributed by atoms with Crippen molar-refractivity contribution in [3.05, 3.63) is 29.6 Å². The van der Waals surface area contributed by atoms with Gasteiger partial charge in [0.15, 0.2) is 0 Å². The number of aromatic nitrogens is 1. The molecule has 0 unspecified atom stereocenters. The Labute approximate surface area is 85.3 Å². The minimum absolute atomic E-state index is 0.283. The predicted molar refractivity (Wildman–Crippen MR) is 48.9 cm³/mol. The van der Waals surface area contributed by atoms with Gasteiger partial charge in [0.05, 0.1) is 0 Å². The third kappa shape index (κ3) is 2.28. The number of alkyl halides is 3. The van der Waals surface area contributed by atoms with E-state index in [1.807, 2.05) is 0 Å². The molecule has 1 aromatic heterocycles. The Morgan fingerprint density at radius 3 is 2.60 bits per heavy atom. The quantitative estimate of drug-likeness (QED) is 0.824. The van der Waals surface area contributed by atoms with Crippen LogP contribution in [0, 0.1) is 5.92 Å². The van der Waals surface area contributed by atoms with Crippen LogP contribution in [0.4, 0.5) is 13.2 Å².